The monoisotopic (exact) mass is 209 g/mol. The van der Waals surface area contributed by atoms with Gasteiger partial charge in [-0.1, -0.05) is 18.2 Å². The lowest BCUT2D eigenvalue weighted by Crippen LogP contribution is -1.81. The van der Waals surface area contributed by atoms with E-state index in [4.69, 9.17) is 5.26 Å². The summed E-state index contributed by atoms with van der Waals surface area (Å²) in [6.07, 6.45) is 0. The summed E-state index contributed by atoms with van der Waals surface area (Å²) in [7, 11) is 0. The number of hydrogen-bond donors (Lipinski definition) is 1. The molecule has 2 aromatic rings. The molecule has 0 unspecified atom stereocenters. The largest absolute Gasteiger partial charge is 0.508 e. The molecule has 0 aliphatic carbocycles. The van der Waals surface area contributed by atoms with Crippen LogP contribution in [0.1, 0.15) is 11.1 Å². The quantitative estimate of drug-likeness (QED) is 0.783. The van der Waals surface area contributed by atoms with Crippen LogP contribution in [0.15, 0.2) is 42.5 Å². The first-order valence-corrected chi connectivity index (χ1v) is 5.01. The topological polar surface area (TPSA) is 44.0 Å². The second-order valence-corrected chi connectivity index (χ2v) is 3.69. The van der Waals surface area contributed by atoms with Crippen molar-refractivity contribution >= 4 is 0 Å². The predicted octanol–water partition coefficient (Wildman–Crippen LogP) is 3.24. The van der Waals surface area contributed by atoms with Crippen molar-refractivity contribution in [1.82, 2.24) is 0 Å². The van der Waals surface area contributed by atoms with Crippen LogP contribution in [0.3, 0.4) is 0 Å². The van der Waals surface area contributed by atoms with Gasteiger partial charge < -0.3 is 5.11 Å². The molecule has 1 N–H and O–H groups in total. The number of aromatic hydroxyl groups is 1. The summed E-state index contributed by atoms with van der Waals surface area (Å²) in [5.74, 6) is 0.303. The fraction of sp³-hybridized carbons (Fsp3) is 0.0714. The molecule has 0 heterocycles. The lowest BCUT2D eigenvalue weighted by molar-refractivity contribution is 0.471. The Bertz CT molecular complexity index is 550. The molecular formula is C14H11NO. The zero-order valence-electron chi connectivity index (χ0n) is 8.94. The molecule has 2 nitrogen and oxygen atoms in total. The summed E-state index contributed by atoms with van der Waals surface area (Å²) in [5.41, 5.74) is 3.59. The highest BCUT2D eigenvalue weighted by Gasteiger charge is 2.01. The van der Waals surface area contributed by atoms with E-state index in [1.165, 1.54) is 0 Å². The minimum absolute atomic E-state index is 0.303. The first-order valence-electron chi connectivity index (χ1n) is 5.01. The third-order valence-electron chi connectivity index (χ3n) is 2.54. The number of phenols is 1. The second-order valence-electron chi connectivity index (χ2n) is 3.69. The van der Waals surface area contributed by atoms with Crippen LogP contribution in [0.25, 0.3) is 11.1 Å². The molecule has 0 aliphatic heterocycles. The van der Waals surface area contributed by atoms with Gasteiger partial charge in [-0.2, -0.15) is 5.26 Å². The average Bonchev–Trinajstić information content (AvgIpc) is 2.33. The third kappa shape index (κ3) is 1.89. The maximum absolute atomic E-state index is 9.43. The lowest BCUT2D eigenvalue weighted by Gasteiger charge is -2.04. The summed E-state index contributed by atoms with van der Waals surface area (Å²) >= 11 is 0. The van der Waals surface area contributed by atoms with Gasteiger partial charge in [-0.15, -0.1) is 0 Å². The summed E-state index contributed by atoms with van der Waals surface area (Å²) < 4.78 is 0. The molecule has 2 rings (SSSR count). The molecule has 16 heavy (non-hydrogen) atoms. The second kappa shape index (κ2) is 4.08. The van der Waals surface area contributed by atoms with E-state index < -0.39 is 0 Å². The fourth-order valence-corrected chi connectivity index (χ4v) is 1.57. The Morgan fingerprint density at radius 1 is 1.00 bits per heavy atom. The van der Waals surface area contributed by atoms with Crippen molar-refractivity contribution in [2.75, 3.05) is 0 Å². The lowest BCUT2D eigenvalue weighted by atomic mass is 10.0. The van der Waals surface area contributed by atoms with Crippen LogP contribution in [0, 0.1) is 18.3 Å². The van der Waals surface area contributed by atoms with Crippen molar-refractivity contribution in [2.45, 2.75) is 6.92 Å². The summed E-state index contributed by atoms with van der Waals surface area (Å²) in [4.78, 5) is 0. The number of hydrogen-bond acceptors (Lipinski definition) is 2. The molecule has 0 aromatic heterocycles. The zero-order chi connectivity index (χ0) is 11.5. The summed E-state index contributed by atoms with van der Waals surface area (Å²) in [6.45, 7) is 1.86. The summed E-state index contributed by atoms with van der Waals surface area (Å²) in [5, 5.41) is 18.1. The number of rotatable bonds is 1. The Kier molecular flexibility index (Phi) is 2.61. The van der Waals surface area contributed by atoms with Crippen molar-refractivity contribution in [3.8, 4) is 22.9 Å². The zero-order valence-corrected chi connectivity index (χ0v) is 8.94. The molecule has 0 spiro atoms. The molecule has 0 aliphatic rings. The van der Waals surface area contributed by atoms with Gasteiger partial charge in [-0.25, -0.2) is 0 Å². The highest BCUT2D eigenvalue weighted by molar-refractivity contribution is 5.66. The van der Waals surface area contributed by atoms with Gasteiger partial charge in [-0.05, 0) is 47.9 Å². The third-order valence-corrected chi connectivity index (χ3v) is 2.54. The Labute approximate surface area is 94.4 Å². The van der Waals surface area contributed by atoms with Crippen molar-refractivity contribution in [1.29, 1.82) is 5.26 Å². The highest BCUT2D eigenvalue weighted by atomic mass is 16.3. The molecule has 0 radical (unpaired) electrons. The fourth-order valence-electron chi connectivity index (χ4n) is 1.57. The van der Waals surface area contributed by atoms with Crippen LogP contribution in [-0.4, -0.2) is 5.11 Å². The van der Waals surface area contributed by atoms with Crippen molar-refractivity contribution in [2.24, 2.45) is 0 Å². The van der Waals surface area contributed by atoms with E-state index in [1.807, 2.05) is 31.2 Å². The first kappa shape index (κ1) is 10.3. The number of phenolic OH excluding ortho intramolecular Hbond substituents is 1. The van der Waals surface area contributed by atoms with Gasteiger partial charge >= 0.3 is 0 Å². The minimum Gasteiger partial charge on any atom is -0.508 e. The predicted molar refractivity (Wildman–Crippen MR) is 63.0 cm³/mol. The number of benzene rings is 2. The maximum Gasteiger partial charge on any atom is 0.118 e. The van der Waals surface area contributed by atoms with Gasteiger partial charge in [0.2, 0.25) is 0 Å². The molecule has 2 aromatic carbocycles. The Balaban J connectivity index is 2.43. The van der Waals surface area contributed by atoms with Crippen molar-refractivity contribution in [3.63, 3.8) is 0 Å². The Hall–Kier alpha value is -2.27. The van der Waals surface area contributed by atoms with Gasteiger partial charge in [0.15, 0.2) is 0 Å². The molecular weight excluding hydrogens is 198 g/mol. The van der Waals surface area contributed by atoms with E-state index in [0.717, 1.165) is 16.7 Å². The smallest absolute Gasteiger partial charge is 0.118 e. The van der Waals surface area contributed by atoms with Crippen LogP contribution >= 0.6 is 0 Å². The van der Waals surface area contributed by atoms with E-state index >= 15 is 0 Å². The molecule has 0 bridgehead atoms. The van der Waals surface area contributed by atoms with Crippen molar-refractivity contribution in [3.05, 3.63) is 53.6 Å². The number of aryl methyl sites for hydroxylation is 1. The molecule has 0 saturated carbocycles. The van der Waals surface area contributed by atoms with Crippen molar-refractivity contribution < 1.29 is 5.11 Å². The van der Waals surface area contributed by atoms with Gasteiger partial charge in [0.25, 0.3) is 0 Å². The van der Waals surface area contributed by atoms with Gasteiger partial charge in [-0.3, -0.25) is 0 Å². The molecule has 0 amide bonds. The van der Waals surface area contributed by atoms with Crippen LogP contribution in [0.2, 0.25) is 0 Å². The SMILES string of the molecule is Cc1cc(-c2ccc(C#N)cc2)ccc1O. The number of nitriles is 1. The first-order chi connectivity index (χ1) is 7.70. The van der Waals surface area contributed by atoms with E-state index in [-0.39, 0.29) is 0 Å². The normalized spacial score (nSPS) is 9.75. The standard InChI is InChI=1S/C14H11NO/c1-10-8-13(6-7-14(10)16)12-4-2-11(9-15)3-5-12/h2-8,16H,1H3. The maximum atomic E-state index is 9.43. The Morgan fingerprint density at radius 3 is 2.19 bits per heavy atom. The van der Waals surface area contributed by atoms with E-state index in [1.54, 1.807) is 18.2 Å². The highest BCUT2D eigenvalue weighted by Crippen LogP contribution is 2.25. The number of nitrogens with zero attached hydrogens (tertiary/aromatic N) is 1. The Morgan fingerprint density at radius 2 is 1.62 bits per heavy atom. The van der Waals surface area contributed by atoms with Crippen LogP contribution < -0.4 is 0 Å². The molecule has 0 saturated heterocycles. The molecule has 0 fully saturated rings. The molecule has 78 valence electrons. The van der Waals surface area contributed by atoms with Gasteiger partial charge in [0.1, 0.15) is 5.75 Å². The molecule has 2 heteroatoms. The van der Waals surface area contributed by atoms with Gasteiger partial charge in [0.05, 0.1) is 11.6 Å². The van der Waals surface area contributed by atoms with Gasteiger partial charge in [0, 0.05) is 0 Å². The van der Waals surface area contributed by atoms with Crippen LogP contribution in [-0.2, 0) is 0 Å². The van der Waals surface area contributed by atoms with Crippen LogP contribution in [0.5, 0.6) is 5.75 Å². The average molecular weight is 209 g/mol. The molecule has 0 atom stereocenters. The van der Waals surface area contributed by atoms with E-state index in [2.05, 4.69) is 6.07 Å². The minimum atomic E-state index is 0.303. The summed E-state index contributed by atoms with van der Waals surface area (Å²) in [6, 6.07) is 15.0. The van der Waals surface area contributed by atoms with Crippen LogP contribution in [0.4, 0.5) is 0 Å². The van der Waals surface area contributed by atoms with E-state index in [9.17, 15) is 5.11 Å². The van der Waals surface area contributed by atoms with E-state index in [0.29, 0.717) is 11.3 Å².